The van der Waals surface area contributed by atoms with E-state index in [0.717, 1.165) is 5.82 Å². The summed E-state index contributed by atoms with van der Waals surface area (Å²) in [4.78, 5) is 42.5. The van der Waals surface area contributed by atoms with Crippen molar-refractivity contribution in [3.05, 3.63) is 59.3 Å². The number of hydrogen-bond acceptors (Lipinski definition) is 7. The standard InChI is InChI=1S/C16H16N8O2/c25-15-2-1-12(8-18-15)16(26)23-5-3-22(4-6-23)13-7-14(20-10-19-13)24-11-17-9-21-24/h1-2,7-11H,3-6H2,(H,18,25). The summed E-state index contributed by atoms with van der Waals surface area (Å²) >= 11 is 0. The van der Waals surface area contributed by atoms with E-state index in [4.69, 9.17) is 0 Å². The lowest BCUT2D eigenvalue weighted by Crippen LogP contribution is -2.49. The van der Waals surface area contributed by atoms with Gasteiger partial charge in [0.1, 0.15) is 24.8 Å². The van der Waals surface area contributed by atoms with Crippen molar-refractivity contribution >= 4 is 11.7 Å². The van der Waals surface area contributed by atoms with E-state index in [9.17, 15) is 9.59 Å². The molecule has 1 aliphatic rings. The molecule has 4 heterocycles. The largest absolute Gasteiger partial charge is 0.353 e. The smallest absolute Gasteiger partial charge is 0.255 e. The van der Waals surface area contributed by atoms with Gasteiger partial charge in [-0.15, -0.1) is 0 Å². The fraction of sp³-hybridized carbons (Fsp3) is 0.250. The van der Waals surface area contributed by atoms with Gasteiger partial charge in [0.25, 0.3) is 5.91 Å². The number of anilines is 1. The van der Waals surface area contributed by atoms with E-state index >= 15 is 0 Å². The second kappa shape index (κ2) is 6.75. The minimum Gasteiger partial charge on any atom is -0.353 e. The molecule has 0 unspecified atom stereocenters. The Balaban J connectivity index is 1.44. The van der Waals surface area contributed by atoms with E-state index in [-0.39, 0.29) is 11.5 Å². The molecule has 0 aliphatic carbocycles. The van der Waals surface area contributed by atoms with Gasteiger partial charge in [-0.2, -0.15) is 5.10 Å². The number of nitrogens with one attached hydrogen (secondary N) is 1. The molecule has 0 atom stereocenters. The molecule has 10 nitrogen and oxygen atoms in total. The predicted octanol–water partition coefficient (Wildman–Crippen LogP) is -0.292. The van der Waals surface area contributed by atoms with Crippen LogP contribution >= 0.6 is 0 Å². The first-order valence-corrected chi connectivity index (χ1v) is 8.11. The lowest BCUT2D eigenvalue weighted by molar-refractivity contribution is 0.0746. The quantitative estimate of drug-likeness (QED) is 0.689. The average Bonchev–Trinajstić information content (AvgIpc) is 3.23. The second-order valence-electron chi connectivity index (χ2n) is 5.80. The minimum absolute atomic E-state index is 0.0908. The molecule has 26 heavy (non-hydrogen) atoms. The first-order chi connectivity index (χ1) is 12.7. The molecule has 132 valence electrons. The molecular formula is C16H16N8O2. The first-order valence-electron chi connectivity index (χ1n) is 8.11. The zero-order chi connectivity index (χ0) is 17.9. The summed E-state index contributed by atoms with van der Waals surface area (Å²) in [6.07, 6.45) is 5.96. The molecule has 0 aromatic carbocycles. The number of carbonyl (C=O) groups is 1. The number of carbonyl (C=O) groups excluding carboxylic acids is 1. The average molecular weight is 352 g/mol. The number of piperazine rings is 1. The maximum absolute atomic E-state index is 12.5. The normalized spacial score (nSPS) is 14.5. The number of nitrogens with zero attached hydrogens (tertiary/aromatic N) is 7. The Morgan fingerprint density at radius 3 is 2.54 bits per heavy atom. The van der Waals surface area contributed by atoms with Crippen LogP contribution in [0.15, 0.2) is 48.2 Å². The third-order valence-electron chi connectivity index (χ3n) is 4.21. The molecule has 1 saturated heterocycles. The van der Waals surface area contributed by atoms with Gasteiger partial charge in [0, 0.05) is 44.5 Å². The SMILES string of the molecule is O=C(c1ccc(=O)[nH]c1)N1CCN(c2cc(-n3cncn3)ncn2)CC1. The maximum Gasteiger partial charge on any atom is 0.255 e. The van der Waals surface area contributed by atoms with Gasteiger partial charge < -0.3 is 14.8 Å². The molecule has 3 aromatic rings. The third-order valence-corrected chi connectivity index (χ3v) is 4.21. The van der Waals surface area contributed by atoms with Crippen LogP contribution in [-0.2, 0) is 0 Å². The fourth-order valence-electron chi connectivity index (χ4n) is 2.83. The molecule has 1 aliphatic heterocycles. The Morgan fingerprint density at radius 2 is 1.85 bits per heavy atom. The number of rotatable bonds is 3. The van der Waals surface area contributed by atoms with Crippen LogP contribution in [-0.4, -0.2) is 66.7 Å². The van der Waals surface area contributed by atoms with E-state index in [1.165, 1.54) is 24.9 Å². The molecule has 1 amide bonds. The number of amides is 1. The number of pyridine rings is 1. The van der Waals surface area contributed by atoms with E-state index < -0.39 is 0 Å². The van der Waals surface area contributed by atoms with Crippen LogP contribution in [0.2, 0.25) is 0 Å². The van der Waals surface area contributed by atoms with Crippen molar-refractivity contribution in [1.29, 1.82) is 0 Å². The zero-order valence-electron chi connectivity index (χ0n) is 13.8. The van der Waals surface area contributed by atoms with E-state index in [1.807, 2.05) is 6.07 Å². The topological polar surface area (TPSA) is 113 Å². The van der Waals surface area contributed by atoms with Crippen LogP contribution in [0.3, 0.4) is 0 Å². The Morgan fingerprint density at radius 1 is 1.04 bits per heavy atom. The first kappa shape index (κ1) is 15.9. The zero-order valence-corrected chi connectivity index (χ0v) is 13.8. The highest BCUT2D eigenvalue weighted by atomic mass is 16.2. The van der Waals surface area contributed by atoms with Gasteiger partial charge in [0.2, 0.25) is 5.56 Å². The van der Waals surface area contributed by atoms with E-state index in [2.05, 4.69) is 29.9 Å². The number of hydrogen-bond donors (Lipinski definition) is 1. The van der Waals surface area contributed by atoms with Crippen molar-refractivity contribution in [1.82, 2.24) is 34.6 Å². The van der Waals surface area contributed by atoms with Crippen molar-refractivity contribution < 1.29 is 4.79 Å². The van der Waals surface area contributed by atoms with Gasteiger partial charge in [-0.3, -0.25) is 9.59 Å². The molecule has 0 saturated carbocycles. The maximum atomic E-state index is 12.5. The number of aromatic amines is 1. The van der Waals surface area contributed by atoms with Crippen molar-refractivity contribution in [3.8, 4) is 5.82 Å². The van der Waals surface area contributed by atoms with Gasteiger partial charge in [0.15, 0.2) is 5.82 Å². The third kappa shape index (κ3) is 3.16. The summed E-state index contributed by atoms with van der Waals surface area (Å²) in [7, 11) is 0. The van der Waals surface area contributed by atoms with Crippen LogP contribution in [0, 0.1) is 0 Å². The van der Waals surface area contributed by atoms with Gasteiger partial charge in [-0.25, -0.2) is 19.6 Å². The summed E-state index contributed by atoms with van der Waals surface area (Å²) in [6, 6.07) is 4.74. The number of H-pyrrole nitrogens is 1. The second-order valence-corrected chi connectivity index (χ2v) is 5.80. The number of aromatic nitrogens is 6. The van der Waals surface area contributed by atoms with Crippen LogP contribution in [0.5, 0.6) is 0 Å². The Bertz CT molecular complexity index is 940. The Labute approximate surface area is 148 Å². The van der Waals surface area contributed by atoms with Crippen LogP contribution in [0.4, 0.5) is 5.82 Å². The summed E-state index contributed by atoms with van der Waals surface area (Å²) < 4.78 is 1.57. The van der Waals surface area contributed by atoms with Crippen LogP contribution < -0.4 is 10.5 Å². The van der Waals surface area contributed by atoms with Crippen molar-refractivity contribution in [3.63, 3.8) is 0 Å². The summed E-state index contributed by atoms with van der Waals surface area (Å²) in [6.45, 7) is 2.45. The summed E-state index contributed by atoms with van der Waals surface area (Å²) in [5.41, 5.74) is 0.256. The molecule has 1 fully saturated rings. The predicted molar refractivity (Wildman–Crippen MR) is 92.1 cm³/mol. The van der Waals surface area contributed by atoms with Crippen molar-refractivity contribution in [2.45, 2.75) is 0 Å². The lowest BCUT2D eigenvalue weighted by Gasteiger charge is -2.35. The molecule has 3 aromatic heterocycles. The monoisotopic (exact) mass is 352 g/mol. The van der Waals surface area contributed by atoms with E-state index in [1.54, 1.807) is 22.0 Å². The van der Waals surface area contributed by atoms with Gasteiger partial charge in [-0.05, 0) is 6.07 Å². The van der Waals surface area contributed by atoms with Crippen LogP contribution in [0.25, 0.3) is 5.82 Å². The molecular weight excluding hydrogens is 336 g/mol. The van der Waals surface area contributed by atoms with Gasteiger partial charge in [0.05, 0.1) is 5.56 Å². The molecule has 0 bridgehead atoms. The minimum atomic E-state index is -0.224. The molecule has 10 heteroatoms. The van der Waals surface area contributed by atoms with Crippen molar-refractivity contribution in [2.75, 3.05) is 31.1 Å². The van der Waals surface area contributed by atoms with Gasteiger partial charge >= 0.3 is 0 Å². The molecule has 0 spiro atoms. The lowest BCUT2D eigenvalue weighted by atomic mass is 10.2. The highest BCUT2D eigenvalue weighted by Crippen LogP contribution is 2.16. The Hall–Kier alpha value is -3.56. The molecule has 1 N–H and O–H groups in total. The van der Waals surface area contributed by atoms with Crippen LogP contribution in [0.1, 0.15) is 10.4 Å². The Kier molecular flexibility index (Phi) is 4.14. The highest BCUT2D eigenvalue weighted by Gasteiger charge is 2.23. The fourth-order valence-corrected chi connectivity index (χ4v) is 2.83. The van der Waals surface area contributed by atoms with Gasteiger partial charge in [-0.1, -0.05) is 0 Å². The summed E-state index contributed by atoms with van der Waals surface area (Å²) in [5, 5.41) is 4.07. The van der Waals surface area contributed by atoms with E-state index in [0.29, 0.717) is 37.6 Å². The molecule has 4 rings (SSSR count). The molecule has 0 radical (unpaired) electrons. The van der Waals surface area contributed by atoms with Crippen molar-refractivity contribution in [2.24, 2.45) is 0 Å². The summed E-state index contributed by atoms with van der Waals surface area (Å²) in [5.74, 6) is 1.33. The highest BCUT2D eigenvalue weighted by molar-refractivity contribution is 5.94.